The van der Waals surface area contributed by atoms with Crippen LogP contribution in [0.3, 0.4) is 0 Å². The molecule has 17 nitrogen and oxygen atoms in total. The number of nitrogens with zero attached hydrogens (tertiary/aromatic N) is 1. The van der Waals surface area contributed by atoms with E-state index < -0.39 is 41.9 Å². The van der Waals surface area contributed by atoms with Crippen LogP contribution in [-0.2, 0) is 75.0 Å². The number of benzene rings is 1. The fourth-order valence-corrected chi connectivity index (χ4v) is 10.3. The van der Waals surface area contributed by atoms with E-state index in [1.807, 2.05) is 19.9 Å². The Morgan fingerprint density at radius 1 is 0.530 bits per heavy atom. The molecule has 0 atom stereocenters. The quantitative estimate of drug-likeness (QED) is 0.0195. The molecule has 17 heteroatoms. The summed E-state index contributed by atoms with van der Waals surface area (Å²) in [7, 11) is 1.50. The number of hydrogen-bond acceptors (Lipinski definition) is 17. The molecule has 83 heavy (non-hydrogen) atoms. The first kappa shape index (κ1) is 72.2. The minimum absolute atomic E-state index is 0.00606. The molecule has 2 aliphatic heterocycles. The van der Waals surface area contributed by atoms with Gasteiger partial charge < -0.3 is 42.6 Å². The zero-order valence-corrected chi connectivity index (χ0v) is 52.0. The number of allylic oxidation sites excluding steroid dienone is 2. The Morgan fingerprint density at radius 3 is 1.48 bits per heavy atom. The summed E-state index contributed by atoms with van der Waals surface area (Å²) < 4.78 is 49.8. The van der Waals surface area contributed by atoms with Crippen LogP contribution in [0.1, 0.15) is 266 Å². The second kappa shape index (κ2) is 46.3. The van der Waals surface area contributed by atoms with Gasteiger partial charge in [0.05, 0.1) is 39.8 Å². The summed E-state index contributed by atoms with van der Waals surface area (Å²) in [5.74, 6) is -3.43. The lowest BCUT2D eigenvalue weighted by Gasteiger charge is -2.26. The highest BCUT2D eigenvalue weighted by atomic mass is 16.6. The number of fused-ring (bicyclic) bond motifs is 1. The fourth-order valence-electron chi connectivity index (χ4n) is 10.3. The van der Waals surface area contributed by atoms with Crippen LogP contribution >= 0.6 is 0 Å². The smallest absolute Gasteiger partial charge is 0.342 e. The van der Waals surface area contributed by atoms with E-state index in [-0.39, 0.29) is 95.1 Å². The molecule has 0 spiro atoms. The van der Waals surface area contributed by atoms with Crippen molar-refractivity contribution in [1.29, 1.82) is 0 Å². The van der Waals surface area contributed by atoms with Crippen LogP contribution in [0.4, 0.5) is 0 Å². The van der Waals surface area contributed by atoms with Crippen LogP contribution in [0, 0.1) is 6.92 Å². The Bertz CT molecular complexity index is 2020. The number of ether oxygens (including phenoxy) is 9. The van der Waals surface area contributed by atoms with Gasteiger partial charge in [0.1, 0.15) is 37.7 Å². The number of unbranched alkanes of at least 4 members (excludes halogenated alkanes) is 24. The average Bonchev–Trinajstić information content (AvgIpc) is 2.79. The van der Waals surface area contributed by atoms with Gasteiger partial charge in [0.15, 0.2) is 11.9 Å². The van der Waals surface area contributed by atoms with E-state index >= 15 is 0 Å². The summed E-state index contributed by atoms with van der Waals surface area (Å²) in [5.41, 5.74) is 2.74. The highest BCUT2D eigenvalue weighted by Gasteiger charge is 2.34. The van der Waals surface area contributed by atoms with Gasteiger partial charge in [0.2, 0.25) is 0 Å². The van der Waals surface area contributed by atoms with Gasteiger partial charge in [0.25, 0.3) is 0 Å². The topological polar surface area (TPSA) is 206 Å². The van der Waals surface area contributed by atoms with Gasteiger partial charge in [-0.25, -0.2) is 4.79 Å². The van der Waals surface area contributed by atoms with Gasteiger partial charge >= 0.3 is 41.8 Å². The predicted octanol–water partition coefficient (Wildman–Crippen LogP) is 13.8. The maximum absolute atomic E-state index is 13.4. The van der Waals surface area contributed by atoms with Crippen molar-refractivity contribution < 1.29 is 76.2 Å². The first-order valence-electron chi connectivity index (χ1n) is 32.2. The summed E-state index contributed by atoms with van der Waals surface area (Å²) in [6.07, 6.45) is 32.3. The number of hydrogen-bond donors (Lipinski definition) is 0. The molecule has 0 saturated carbocycles. The molecule has 1 aromatic rings. The Hall–Kier alpha value is -5.03. The average molecular weight is 1170 g/mol. The highest BCUT2D eigenvalue weighted by molar-refractivity contribution is 5.99. The number of methoxy groups -OCH3 is 1. The molecular weight excluding hydrogens is 1060 g/mol. The minimum Gasteiger partial charge on any atom is -0.496 e. The first-order chi connectivity index (χ1) is 40.4. The van der Waals surface area contributed by atoms with Crippen LogP contribution in [0.25, 0.3) is 0 Å². The van der Waals surface area contributed by atoms with E-state index in [2.05, 4.69) is 18.7 Å². The maximum atomic E-state index is 13.4. The normalized spacial score (nSPS) is 13.4. The molecule has 0 aliphatic carbocycles. The van der Waals surface area contributed by atoms with Crippen molar-refractivity contribution in [3.05, 3.63) is 33.9 Å². The number of carbonyl (C=O) groups is 7. The van der Waals surface area contributed by atoms with Gasteiger partial charge in [-0.1, -0.05) is 180 Å². The van der Waals surface area contributed by atoms with Crippen molar-refractivity contribution >= 4 is 41.8 Å². The summed E-state index contributed by atoms with van der Waals surface area (Å²) in [4.78, 5) is 92.4. The second-order valence-corrected chi connectivity index (χ2v) is 22.6. The molecule has 2 aliphatic rings. The molecule has 1 fully saturated rings. The summed E-state index contributed by atoms with van der Waals surface area (Å²) in [5, 5.41) is 0. The molecule has 0 aromatic heterocycles. The molecule has 0 bridgehead atoms. The number of carbonyl (C=O) groups excluding carboxylic acids is 7. The van der Waals surface area contributed by atoms with Crippen LogP contribution in [0.5, 0.6) is 11.5 Å². The van der Waals surface area contributed by atoms with Crippen LogP contribution < -0.4 is 9.47 Å². The lowest BCUT2D eigenvalue weighted by Crippen LogP contribution is -2.38. The molecule has 2 heterocycles. The molecule has 0 radical (unpaired) electrons. The van der Waals surface area contributed by atoms with E-state index in [0.29, 0.717) is 68.1 Å². The number of esters is 7. The maximum Gasteiger partial charge on any atom is 0.342 e. The van der Waals surface area contributed by atoms with Crippen LogP contribution in [0.15, 0.2) is 11.6 Å². The predicted molar refractivity (Wildman–Crippen MR) is 319 cm³/mol. The Labute approximate surface area is 498 Å². The highest BCUT2D eigenvalue weighted by Crippen LogP contribution is 2.43. The van der Waals surface area contributed by atoms with Crippen molar-refractivity contribution in [3.63, 3.8) is 0 Å². The Kier molecular flexibility index (Phi) is 40.3. The molecule has 1 saturated heterocycles. The Morgan fingerprint density at radius 2 is 0.976 bits per heavy atom. The Balaban J connectivity index is 1.44. The lowest BCUT2D eigenvalue weighted by atomic mass is 9.94. The van der Waals surface area contributed by atoms with Crippen molar-refractivity contribution in [2.24, 2.45) is 0 Å². The van der Waals surface area contributed by atoms with E-state index in [9.17, 15) is 33.6 Å². The van der Waals surface area contributed by atoms with Crippen molar-refractivity contribution in [3.8, 4) is 11.5 Å². The molecular formula is C66H107NO16. The van der Waals surface area contributed by atoms with Gasteiger partial charge in [-0.3, -0.25) is 33.7 Å². The van der Waals surface area contributed by atoms with E-state index in [1.54, 1.807) is 0 Å². The molecule has 1 aromatic carbocycles. The van der Waals surface area contributed by atoms with Gasteiger partial charge in [0, 0.05) is 56.4 Å². The van der Waals surface area contributed by atoms with Crippen molar-refractivity contribution in [2.45, 2.75) is 265 Å². The van der Waals surface area contributed by atoms with Gasteiger partial charge in [-0.2, -0.15) is 0 Å². The monoisotopic (exact) mass is 1170 g/mol. The molecule has 472 valence electrons. The third-order valence-electron chi connectivity index (χ3n) is 15.4. The second-order valence-electron chi connectivity index (χ2n) is 22.6. The number of cyclic esters (lactones) is 1. The number of rotatable bonds is 50. The van der Waals surface area contributed by atoms with E-state index in [1.165, 1.54) is 123 Å². The van der Waals surface area contributed by atoms with Crippen LogP contribution in [0.2, 0.25) is 0 Å². The van der Waals surface area contributed by atoms with Gasteiger partial charge in [-0.05, 0) is 51.5 Å². The summed E-state index contributed by atoms with van der Waals surface area (Å²) >= 11 is 0. The minimum atomic E-state index is -1.06. The largest absolute Gasteiger partial charge is 0.496 e. The zero-order chi connectivity index (χ0) is 60.1. The SMILES string of the molecule is CCCCCCCCCCCCCCCC(=O)OCC(COC(=O)CCCCCCCCCCCCCCC)OC(=O)CCC(=O)OCCCC(=O)Oc1c(C/C=C(\C)CCC(=O)OCCN2CCOCC2)c(OC)c(C)c2c1C(=O)OC2. The van der Waals surface area contributed by atoms with Crippen molar-refractivity contribution in [1.82, 2.24) is 4.90 Å². The first-order valence-corrected chi connectivity index (χ1v) is 32.2. The standard InChI is InChI=1S/C66H107NO16/c1-6-8-10-12-14-16-18-20-22-24-26-28-30-33-57(68)79-49-54(50-80-58(69)34-31-29-27-25-23-21-19-17-15-13-11-9-7-2)82-62(73)41-40-60(71)77-45-32-35-61(72)83-65-55(64(75-5)53(4)56-51-81-66(74)63(56)65)38-36-52(3)37-39-59(70)78-48-44-67-42-46-76-47-43-67/h36,54H,6-35,37-51H2,1-5H3/b52-36+. The third kappa shape index (κ3) is 33.3. The fraction of sp³-hybridized carbons (Fsp3) is 0.773. The lowest BCUT2D eigenvalue weighted by molar-refractivity contribution is -0.167. The zero-order valence-electron chi connectivity index (χ0n) is 52.0. The summed E-state index contributed by atoms with van der Waals surface area (Å²) in [6.45, 7) is 11.3. The van der Waals surface area contributed by atoms with Gasteiger partial charge in [-0.15, -0.1) is 0 Å². The molecule has 0 amide bonds. The van der Waals surface area contributed by atoms with Crippen molar-refractivity contribution in [2.75, 3.05) is 66.4 Å². The van der Waals surface area contributed by atoms with Crippen LogP contribution in [-0.4, -0.2) is 119 Å². The van der Waals surface area contributed by atoms with E-state index in [4.69, 9.17) is 42.6 Å². The summed E-state index contributed by atoms with van der Waals surface area (Å²) in [6, 6.07) is 0. The molecule has 0 unspecified atom stereocenters. The van der Waals surface area contributed by atoms with E-state index in [0.717, 1.165) is 57.2 Å². The third-order valence-corrected chi connectivity index (χ3v) is 15.4. The molecule has 0 N–H and O–H groups in total. The molecule has 3 rings (SSSR count). The number of morpholine rings is 1.